The molecule has 10 heteroatoms. The van der Waals surface area contributed by atoms with Crippen LogP contribution in [0.3, 0.4) is 0 Å². The quantitative estimate of drug-likeness (QED) is 0.810. The predicted octanol–water partition coefficient (Wildman–Crippen LogP) is 1.94. The number of hydrogen-bond acceptors (Lipinski definition) is 5. The van der Waals surface area contributed by atoms with E-state index >= 15 is 0 Å². The highest BCUT2D eigenvalue weighted by Crippen LogP contribution is 2.36. The van der Waals surface area contributed by atoms with Gasteiger partial charge in [0.15, 0.2) is 0 Å². The van der Waals surface area contributed by atoms with E-state index in [1.165, 1.54) is 10.4 Å². The highest BCUT2D eigenvalue weighted by atomic mass is 79.9. The van der Waals surface area contributed by atoms with Crippen molar-refractivity contribution in [2.24, 2.45) is 0 Å². The van der Waals surface area contributed by atoms with E-state index in [9.17, 15) is 13.2 Å². The van der Waals surface area contributed by atoms with E-state index in [1.54, 1.807) is 11.8 Å². The van der Waals surface area contributed by atoms with Crippen LogP contribution in [0.1, 0.15) is 6.92 Å². The first kappa shape index (κ1) is 17.2. The average Bonchev–Trinajstić information content (AvgIpc) is 2.78. The summed E-state index contributed by atoms with van der Waals surface area (Å²) in [4.78, 5) is 12.7. The molecule has 2 rings (SSSR count). The van der Waals surface area contributed by atoms with Gasteiger partial charge in [-0.25, -0.2) is 8.42 Å². The standard InChI is InChI=1S/C11H14BrClN2O4S2/c1-7(11(16)17)14-2-4-15(5-3-14)21(18,19)9-6-8(13)10(12)20-9/h6-7H,2-5H2,1H3,(H,16,17). The zero-order valence-corrected chi connectivity index (χ0v) is 15.1. The minimum atomic E-state index is -3.57. The molecule has 1 fully saturated rings. The predicted molar refractivity (Wildman–Crippen MR) is 84.5 cm³/mol. The van der Waals surface area contributed by atoms with Crippen LogP contribution in [0.15, 0.2) is 14.1 Å². The number of hydrogen-bond donors (Lipinski definition) is 1. The maximum atomic E-state index is 12.5. The molecule has 118 valence electrons. The smallest absolute Gasteiger partial charge is 0.320 e. The number of carboxylic acids is 1. The molecule has 1 aliphatic heterocycles. The molecule has 0 bridgehead atoms. The van der Waals surface area contributed by atoms with Crippen molar-refractivity contribution in [3.8, 4) is 0 Å². The van der Waals surface area contributed by atoms with Crippen LogP contribution >= 0.6 is 38.9 Å². The second-order valence-corrected chi connectivity index (χ2v) is 9.58. The molecule has 6 nitrogen and oxygen atoms in total. The van der Waals surface area contributed by atoms with Crippen LogP contribution < -0.4 is 0 Å². The van der Waals surface area contributed by atoms with Crippen LogP contribution in [0.4, 0.5) is 0 Å². The largest absolute Gasteiger partial charge is 0.480 e. The summed E-state index contributed by atoms with van der Waals surface area (Å²) in [7, 11) is -3.57. The molecule has 1 aromatic heterocycles. The lowest BCUT2D eigenvalue weighted by Gasteiger charge is -2.35. The van der Waals surface area contributed by atoms with Crippen LogP contribution in [-0.4, -0.2) is 60.9 Å². The molecule has 21 heavy (non-hydrogen) atoms. The maximum absolute atomic E-state index is 12.5. The van der Waals surface area contributed by atoms with Gasteiger partial charge < -0.3 is 5.11 Å². The number of sulfonamides is 1. The third kappa shape index (κ3) is 3.59. The minimum Gasteiger partial charge on any atom is -0.480 e. The van der Waals surface area contributed by atoms with Gasteiger partial charge in [-0.3, -0.25) is 9.69 Å². The molecule has 0 spiro atoms. The van der Waals surface area contributed by atoms with E-state index in [0.717, 1.165) is 11.3 Å². The Balaban J connectivity index is 2.09. The number of piperazine rings is 1. The van der Waals surface area contributed by atoms with E-state index in [0.29, 0.717) is 21.9 Å². The number of thiophene rings is 1. The van der Waals surface area contributed by atoms with E-state index in [4.69, 9.17) is 16.7 Å². The summed E-state index contributed by atoms with van der Waals surface area (Å²) < 4.78 is 27.1. The summed E-state index contributed by atoms with van der Waals surface area (Å²) in [6.45, 7) is 2.93. The zero-order chi connectivity index (χ0) is 15.8. The molecular weight excluding hydrogens is 404 g/mol. The number of rotatable bonds is 4. The monoisotopic (exact) mass is 416 g/mol. The second-order valence-electron chi connectivity index (χ2n) is 4.64. The van der Waals surface area contributed by atoms with Crippen LogP contribution in [0, 0.1) is 0 Å². The molecule has 0 saturated carbocycles. The molecular formula is C11H14BrClN2O4S2. The number of carboxylic acid groups (broad SMARTS) is 1. The Hall–Kier alpha value is -0.190. The Bertz CT molecular complexity index is 621. The lowest BCUT2D eigenvalue weighted by Crippen LogP contribution is -2.52. The first-order valence-electron chi connectivity index (χ1n) is 6.15. The Morgan fingerprint density at radius 3 is 2.43 bits per heavy atom. The number of nitrogens with zero attached hydrogens (tertiary/aromatic N) is 2. The van der Waals surface area contributed by atoms with Crippen molar-refractivity contribution in [2.75, 3.05) is 26.2 Å². The lowest BCUT2D eigenvalue weighted by molar-refractivity contribution is -0.143. The SMILES string of the molecule is CC(C(=O)O)N1CCN(S(=O)(=O)c2cc(Cl)c(Br)s2)CC1. The molecule has 0 radical (unpaired) electrons. The fourth-order valence-corrected chi connectivity index (χ4v) is 6.04. The van der Waals surface area contributed by atoms with E-state index in [2.05, 4.69) is 15.9 Å². The topological polar surface area (TPSA) is 77.9 Å². The fraction of sp³-hybridized carbons (Fsp3) is 0.545. The van der Waals surface area contributed by atoms with Crippen molar-refractivity contribution < 1.29 is 18.3 Å². The second kappa shape index (κ2) is 6.51. The van der Waals surface area contributed by atoms with Crippen LogP contribution in [-0.2, 0) is 14.8 Å². The summed E-state index contributed by atoms with van der Waals surface area (Å²) in [6, 6.07) is 0.818. The third-order valence-corrected chi connectivity index (χ3v) is 8.22. The molecule has 1 atom stereocenters. The molecule has 1 aliphatic rings. The van der Waals surface area contributed by atoms with Crippen molar-refractivity contribution in [2.45, 2.75) is 17.2 Å². The summed E-state index contributed by atoms with van der Waals surface area (Å²) in [5.41, 5.74) is 0. The summed E-state index contributed by atoms with van der Waals surface area (Å²) in [6.07, 6.45) is 0. The van der Waals surface area contributed by atoms with Gasteiger partial charge in [-0.15, -0.1) is 11.3 Å². The highest BCUT2D eigenvalue weighted by Gasteiger charge is 2.32. The van der Waals surface area contributed by atoms with Crippen molar-refractivity contribution in [1.82, 2.24) is 9.21 Å². The Morgan fingerprint density at radius 2 is 2.00 bits per heavy atom. The first-order valence-corrected chi connectivity index (χ1v) is 9.58. The van der Waals surface area contributed by atoms with E-state index < -0.39 is 22.0 Å². The Morgan fingerprint density at radius 1 is 1.43 bits per heavy atom. The van der Waals surface area contributed by atoms with Crippen LogP contribution in [0.25, 0.3) is 0 Å². The van der Waals surface area contributed by atoms with Crippen molar-refractivity contribution in [1.29, 1.82) is 0 Å². The molecule has 1 unspecified atom stereocenters. The van der Waals surface area contributed by atoms with Gasteiger partial charge in [-0.2, -0.15) is 4.31 Å². The van der Waals surface area contributed by atoms with E-state index in [-0.39, 0.29) is 17.3 Å². The van der Waals surface area contributed by atoms with Crippen molar-refractivity contribution in [3.63, 3.8) is 0 Å². The van der Waals surface area contributed by atoms with Gasteiger partial charge in [-0.05, 0) is 28.9 Å². The molecule has 0 aliphatic carbocycles. The number of aliphatic carboxylic acids is 1. The van der Waals surface area contributed by atoms with Crippen molar-refractivity contribution in [3.05, 3.63) is 14.9 Å². The van der Waals surface area contributed by atoms with Gasteiger partial charge in [-0.1, -0.05) is 11.6 Å². The molecule has 1 N–H and O–H groups in total. The first-order chi connectivity index (χ1) is 9.73. The number of halogens is 2. The maximum Gasteiger partial charge on any atom is 0.320 e. The Kier molecular flexibility index (Phi) is 5.32. The molecule has 0 aromatic carbocycles. The van der Waals surface area contributed by atoms with Gasteiger partial charge >= 0.3 is 5.97 Å². The van der Waals surface area contributed by atoms with Crippen molar-refractivity contribution >= 4 is 54.9 Å². The fourth-order valence-electron chi connectivity index (χ4n) is 2.07. The lowest BCUT2D eigenvalue weighted by atomic mass is 10.2. The van der Waals surface area contributed by atoms with Gasteiger partial charge in [0.05, 0.1) is 8.81 Å². The van der Waals surface area contributed by atoms with E-state index in [1.807, 2.05) is 0 Å². The highest BCUT2D eigenvalue weighted by molar-refractivity contribution is 9.11. The summed E-state index contributed by atoms with van der Waals surface area (Å²) >= 11 is 10.2. The molecule has 1 saturated heterocycles. The Labute approximate surface area is 140 Å². The summed E-state index contributed by atoms with van der Waals surface area (Å²) in [5.74, 6) is -0.903. The van der Waals surface area contributed by atoms with Gasteiger partial charge in [0.1, 0.15) is 10.3 Å². The molecule has 1 aromatic rings. The van der Waals surface area contributed by atoms with Gasteiger partial charge in [0, 0.05) is 26.2 Å². The van der Waals surface area contributed by atoms with Gasteiger partial charge in [0.2, 0.25) is 0 Å². The molecule has 0 amide bonds. The normalized spacial score (nSPS) is 19.6. The van der Waals surface area contributed by atoms with Crippen LogP contribution in [0.5, 0.6) is 0 Å². The molecule has 2 heterocycles. The minimum absolute atomic E-state index is 0.194. The zero-order valence-electron chi connectivity index (χ0n) is 11.1. The van der Waals surface area contributed by atoms with Gasteiger partial charge in [0.25, 0.3) is 10.0 Å². The van der Waals surface area contributed by atoms with Crippen LogP contribution in [0.2, 0.25) is 5.02 Å². The average molecular weight is 418 g/mol. The third-order valence-electron chi connectivity index (χ3n) is 3.40. The summed E-state index contributed by atoms with van der Waals surface area (Å²) in [5, 5.41) is 9.35. The number of carbonyl (C=O) groups is 1.